The number of pyridine rings is 1. The first-order valence-corrected chi connectivity index (χ1v) is 9.44. The van der Waals surface area contributed by atoms with E-state index in [2.05, 4.69) is 29.0 Å². The standard InChI is InChI=1S/C19H30N4O2/c1-3-11-25-17-16(6-5-9-21-17)13-22-18(20-4-2)23-10-7-19(14-23)8-12-24-15-19/h5-6,9H,3-4,7-8,10-15H2,1-2H3,(H,20,22). The van der Waals surface area contributed by atoms with Gasteiger partial charge in [-0.2, -0.15) is 0 Å². The Bertz CT molecular complexity index is 585. The molecule has 1 unspecified atom stereocenters. The van der Waals surface area contributed by atoms with Crippen molar-refractivity contribution in [2.45, 2.75) is 39.7 Å². The van der Waals surface area contributed by atoms with Gasteiger partial charge in [0.25, 0.3) is 0 Å². The number of hydrogen-bond donors (Lipinski definition) is 1. The van der Waals surface area contributed by atoms with Gasteiger partial charge in [0, 0.05) is 43.4 Å². The average Bonchev–Trinajstić information content (AvgIpc) is 3.27. The van der Waals surface area contributed by atoms with Crippen LogP contribution in [0.5, 0.6) is 5.88 Å². The van der Waals surface area contributed by atoms with Crippen molar-refractivity contribution in [1.29, 1.82) is 0 Å². The molecular formula is C19H30N4O2. The topological polar surface area (TPSA) is 59.0 Å². The van der Waals surface area contributed by atoms with E-state index in [4.69, 9.17) is 14.5 Å². The number of aromatic nitrogens is 1. The van der Waals surface area contributed by atoms with Crippen LogP contribution in [0.3, 0.4) is 0 Å². The summed E-state index contributed by atoms with van der Waals surface area (Å²) in [6, 6.07) is 3.98. The molecule has 3 rings (SSSR count). The smallest absolute Gasteiger partial charge is 0.218 e. The van der Waals surface area contributed by atoms with Crippen LogP contribution in [-0.4, -0.2) is 55.3 Å². The Hall–Kier alpha value is -1.82. The molecule has 25 heavy (non-hydrogen) atoms. The zero-order valence-electron chi connectivity index (χ0n) is 15.5. The zero-order chi connectivity index (χ0) is 17.5. The Kier molecular flexibility index (Phi) is 6.13. The Morgan fingerprint density at radius 2 is 2.36 bits per heavy atom. The Morgan fingerprint density at radius 1 is 1.44 bits per heavy atom. The molecule has 0 amide bonds. The van der Waals surface area contributed by atoms with Crippen molar-refractivity contribution in [3.63, 3.8) is 0 Å². The summed E-state index contributed by atoms with van der Waals surface area (Å²) >= 11 is 0. The second-order valence-electron chi connectivity index (χ2n) is 6.96. The highest BCUT2D eigenvalue weighted by molar-refractivity contribution is 5.80. The Morgan fingerprint density at radius 3 is 3.12 bits per heavy atom. The van der Waals surface area contributed by atoms with E-state index in [0.29, 0.717) is 24.4 Å². The molecule has 138 valence electrons. The third kappa shape index (κ3) is 4.42. The second-order valence-corrected chi connectivity index (χ2v) is 6.96. The molecule has 1 aromatic heterocycles. The lowest BCUT2D eigenvalue weighted by Gasteiger charge is -2.25. The van der Waals surface area contributed by atoms with E-state index in [1.54, 1.807) is 6.20 Å². The molecule has 6 nitrogen and oxygen atoms in total. The third-order valence-electron chi connectivity index (χ3n) is 4.95. The van der Waals surface area contributed by atoms with Gasteiger partial charge in [0.15, 0.2) is 5.96 Å². The lowest BCUT2D eigenvalue weighted by molar-refractivity contribution is 0.156. The maximum Gasteiger partial charge on any atom is 0.218 e. The molecular weight excluding hydrogens is 316 g/mol. The highest BCUT2D eigenvalue weighted by Gasteiger charge is 2.42. The summed E-state index contributed by atoms with van der Waals surface area (Å²) in [7, 11) is 0. The van der Waals surface area contributed by atoms with Crippen LogP contribution in [0.2, 0.25) is 0 Å². The summed E-state index contributed by atoms with van der Waals surface area (Å²) in [6.07, 6.45) is 5.10. The van der Waals surface area contributed by atoms with E-state index < -0.39 is 0 Å². The number of guanidine groups is 1. The predicted octanol–water partition coefficient (Wildman–Crippen LogP) is 2.45. The molecule has 2 aliphatic rings. The highest BCUT2D eigenvalue weighted by Crippen LogP contribution is 2.38. The summed E-state index contributed by atoms with van der Waals surface area (Å²) in [4.78, 5) is 11.6. The Balaban J connectivity index is 1.69. The van der Waals surface area contributed by atoms with E-state index in [-0.39, 0.29) is 0 Å². The van der Waals surface area contributed by atoms with Gasteiger partial charge in [-0.3, -0.25) is 0 Å². The molecule has 1 aromatic rings. The lowest BCUT2D eigenvalue weighted by atomic mass is 9.87. The molecule has 0 aromatic carbocycles. The minimum atomic E-state index is 0.333. The van der Waals surface area contributed by atoms with Gasteiger partial charge in [0.2, 0.25) is 5.88 Å². The van der Waals surface area contributed by atoms with Crippen LogP contribution < -0.4 is 10.1 Å². The molecule has 1 spiro atoms. The molecule has 0 saturated carbocycles. The fourth-order valence-electron chi connectivity index (χ4n) is 3.55. The number of nitrogens with one attached hydrogen (secondary N) is 1. The van der Waals surface area contributed by atoms with Crippen LogP contribution in [0.15, 0.2) is 23.3 Å². The van der Waals surface area contributed by atoms with E-state index in [1.807, 2.05) is 12.1 Å². The first-order valence-electron chi connectivity index (χ1n) is 9.44. The molecule has 3 heterocycles. The van der Waals surface area contributed by atoms with E-state index >= 15 is 0 Å². The molecule has 1 N–H and O–H groups in total. The fourth-order valence-corrected chi connectivity index (χ4v) is 3.55. The van der Waals surface area contributed by atoms with Crippen molar-refractivity contribution in [3.05, 3.63) is 23.9 Å². The summed E-state index contributed by atoms with van der Waals surface area (Å²) in [5.74, 6) is 1.68. The highest BCUT2D eigenvalue weighted by atomic mass is 16.5. The molecule has 1 atom stereocenters. The van der Waals surface area contributed by atoms with Gasteiger partial charge in [-0.25, -0.2) is 9.98 Å². The van der Waals surface area contributed by atoms with Crippen molar-refractivity contribution in [2.75, 3.05) is 39.5 Å². The SMILES string of the molecule is CCCOc1ncccc1CN=C(NCC)N1CCC2(CCOC2)C1. The Labute approximate surface area is 150 Å². The number of rotatable bonds is 6. The second kappa shape index (κ2) is 8.52. The first-order chi connectivity index (χ1) is 12.3. The van der Waals surface area contributed by atoms with E-state index in [1.165, 1.54) is 12.8 Å². The minimum absolute atomic E-state index is 0.333. The quantitative estimate of drug-likeness (QED) is 0.633. The van der Waals surface area contributed by atoms with Gasteiger partial charge in [-0.15, -0.1) is 0 Å². The normalized spacial score (nSPS) is 23.4. The summed E-state index contributed by atoms with van der Waals surface area (Å²) in [6.45, 7) is 10.2. The molecule has 6 heteroatoms. The number of ether oxygens (including phenoxy) is 2. The lowest BCUT2D eigenvalue weighted by Crippen LogP contribution is -2.41. The third-order valence-corrected chi connectivity index (χ3v) is 4.95. The van der Waals surface area contributed by atoms with E-state index in [9.17, 15) is 0 Å². The van der Waals surface area contributed by atoms with Crippen LogP contribution in [-0.2, 0) is 11.3 Å². The molecule has 0 radical (unpaired) electrons. The predicted molar refractivity (Wildman–Crippen MR) is 98.9 cm³/mol. The minimum Gasteiger partial charge on any atom is -0.477 e. The molecule has 0 aliphatic carbocycles. The maximum absolute atomic E-state index is 5.75. The van der Waals surface area contributed by atoms with Gasteiger partial charge >= 0.3 is 0 Å². The van der Waals surface area contributed by atoms with Gasteiger partial charge in [0.1, 0.15) is 0 Å². The molecule has 2 fully saturated rings. The number of hydrogen-bond acceptors (Lipinski definition) is 4. The first kappa shape index (κ1) is 18.0. The molecule has 2 saturated heterocycles. The van der Waals surface area contributed by atoms with Crippen LogP contribution in [0.4, 0.5) is 0 Å². The summed E-state index contributed by atoms with van der Waals surface area (Å²) < 4.78 is 11.4. The van der Waals surface area contributed by atoms with E-state index in [0.717, 1.165) is 50.8 Å². The van der Waals surface area contributed by atoms with Crippen LogP contribution in [0.25, 0.3) is 0 Å². The monoisotopic (exact) mass is 346 g/mol. The van der Waals surface area contributed by atoms with Crippen LogP contribution >= 0.6 is 0 Å². The number of likely N-dealkylation sites (tertiary alicyclic amines) is 1. The van der Waals surface area contributed by atoms with Crippen molar-refractivity contribution in [2.24, 2.45) is 10.4 Å². The van der Waals surface area contributed by atoms with Crippen molar-refractivity contribution in [1.82, 2.24) is 15.2 Å². The molecule has 0 bridgehead atoms. The number of aliphatic imine (C=N–C) groups is 1. The zero-order valence-corrected chi connectivity index (χ0v) is 15.5. The van der Waals surface area contributed by atoms with Gasteiger partial charge in [-0.05, 0) is 32.3 Å². The summed E-state index contributed by atoms with van der Waals surface area (Å²) in [5, 5.41) is 3.44. The van der Waals surface area contributed by atoms with Crippen molar-refractivity contribution >= 4 is 5.96 Å². The average molecular weight is 346 g/mol. The maximum atomic E-state index is 5.75. The van der Waals surface area contributed by atoms with Gasteiger partial charge < -0.3 is 19.7 Å². The molecule has 2 aliphatic heterocycles. The summed E-state index contributed by atoms with van der Waals surface area (Å²) in [5.41, 5.74) is 1.37. The largest absolute Gasteiger partial charge is 0.477 e. The van der Waals surface area contributed by atoms with Crippen LogP contribution in [0, 0.1) is 5.41 Å². The van der Waals surface area contributed by atoms with Gasteiger partial charge in [-0.1, -0.05) is 13.0 Å². The van der Waals surface area contributed by atoms with Crippen LogP contribution in [0.1, 0.15) is 38.7 Å². The number of nitrogens with zero attached hydrogens (tertiary/aromatic N) is 3. The van der Waals surface area contributed by atoms with Gasteiger partial charge in [0.05, 0.1) is 19.8 Å². The fraction of sp³-hybridized carbons (Fsp3) is 0.684. The van der Waals surface area contributed by atoms with Crippen molar-refractivity contribution < 1.29 is 9.47 Å². The van der Waals surface area contributed by atoms with Crippen molar-refractivity contribution in [3.8, 4) is 5.88 Å².